The second-order valence-electron chi connectivity index (χ2n) is 4.23. The third-order valence-corrected chi connectivity index (χ3v) is 2.68. The van der Waals surface area contributed by atoms with Crippen LogP contribution in [-0.4, -0.2) is 15.9 Å². The van der Waals surface area contributed by atoms with Crippen molar-refractivity contribution >= 4 is 5.91 Å². The number of nitrogens with one attached hydrogen (secondary N) is 2. The van der Waals surface area contributed by atoms with Gasteiger partial charge in [-0.1, -0.05) is 12.1 Å². The Kier molecular flexibility index (Phi) is 4.07. The predicted molar refractivity (Wildman–Crippen MR) is 65.6 cm³/mol. The molecule has 0 aliphatic heterocycles. The normalized spacial score (nSPS) is 11.3. The van der Waals surface area contributed by atoms with E-state index in [2.05, 4.69) is 15.3 Å². The summed E-state index contributed by atoms with van der Waals surface area (Å²) >= 11 is 0. The van der Waals surface area contributed by atoms with Crippen molar-refractivity contribution < 1.29 is 18.0 Å². The zero-order chi connectivity index (χ0) is 14.6. The van der Waals surface area contributed by atoms with Crippen molar-refractivity contribution in [2.24, 2.45) is 0 Å². The number of halogens is 3. The number of alkyl halides is 3. The minimum atomic E-state index is -4.36. The van der Waals surface area contributed by atoms with Crippen LogP contribution in [0.3, 0.4) is 0 Å². The molecule has 1 aromatic carbocycles. The van der Waals surface area contributed by atoms with Crippen LogP contribution in [0.15, 0.2) is 36.8 Å². The van der Waals surface area contributed by atoms with Crippen molar-refractivity contribution in [1.82, 2.24) is 15.3 Å². The fraction of sp³-hybridized carbons (Fsp3) is 0.231. The number of amides is 1. The second-order valence-corrected chi connectivity index (χ2v) is 4.23. The number of hydrogen-bond acceptors (Lipinski definition) is 2. The Morgan fingerprint density at radius 1 is 1.25 bits per heavy atom. The van der Waals surface area contributed by atoms with Crippen LogP contribution >= 0.6 is 0 Å². The Hall–Kier alpha value is -2.31. The van der Waals surface area contributed by atoms with Gasteiger partial charge in [0.05, 0.1) is 30.6 Å². The van der Waals surface area contributed by atoms with Gasteiger partial charge in [-0.3, -0.25) is 4.79 Å². The maximum atomic E-state index is 12.4. The minimum Gasteiger partial charge on any atom is -0.350 e. The molecule has 0 aliphatic rings. The number of imidazole rings is 1. The number of hydrogen-bond donors (Lipinski definition) is 2. The number of nitrogens with zero attached hydrogens (tertiary/aromatic N) is 1. The molecule has 0 atom stereocenters. The molecule has 1 amide bonds. The Morgan fingerprint density at radius 2 is 1.95 bits per heavy atom. The van der Waals surface area contributed by atoms with E-state index in [0.717, 1.165) is 17.8 Å². The van der Waals surface area contributed by atoms with Gasteiger partial charge in [-0.25, -0.2) is 4.98 Å². The van der Waals surface area contributed by atoms with E-state index in [1.54, 1.807) is 6.20 Å². The van der Waals surface area contributed by atoms with E-state index < -0.39 is 11.7 Å². The van der Waals surface area contributed by atoms with Gasteiger partial charge in [0, 0.05) is 6.20 Å². The smallest absolute Gasteiger partial charge is 0.350 e. The lowest BCUT2D eigenvalue weighted by Crippen LogP contribution is -2.24. The van der Waals surface area contributed by atoms with Gasteiger partial charge < -0.3 is 10.3 Å². The molecular formula is C13H12F3N3O. The molecule has 0 unspecified atom stereocenters. The Bertz CT molecular complexity index is 562. The monoisotopic (exact) mass is 283 g/mol. The van der Waals surface area contributed by atoms with Gasteiger partial charge in [-0.05, 0) is 17.7 Å². The predicted octanol–water partition coefficient (Wildman–Crippen LogP) is 2.29. The largest absolute Gasteiger partial charge is 0.416 e. The zero-order valence-electron chi connectivity index (χ0n) is 10.4. The highest BCUT2D eigenvalue weighted by Gasteiger charge is 2.29. The maximum Gasteiger partial charge on any atom is 0.416 e. The van der Waals surface area contributed by atoms with Gasteiger partial charge in [0.2, 0.25) is 5.91 Å². The van der Waals surface area contributed by atoms with E-state index in [-0.39, 0.29) is 12.3 Å². The van der Waals surface area contributed by atoms with Crippen LogP contribution in [0.5, 0.6) is 0 Å². The number of carbonyl (C=O) groups excluding carboxylic acids is 1. The minimum absolute atomic E-state index is 0.0340. The van der Waals surface area contributed by atoms with Gasteiger partial charge in [0.15, 0.2) is 0 Å². The summed E-state index contributed by atoms with van der Waals surface area (Å²) in [4.78, 5) is 18.3. The van der Waals surface area contributed by atoms with Crippen LogP contribution in [0.4, 0.5) is 13.2 Å². The van der Waals surface area contributed by atoms with Gasteiger partial charge in [0.25, 0.3) is 0 Å². The van der Waals surface area contributed by atoms with E-state index in [9.17, 15) is 18.0 Å². The SMILES string of the molecule is O=C(Cc1ccc(C(F)(F)F)cc1)NCc1cnc[nH]1. The van der Waals surface area contributed by atoms with Gasteiger partial charge >= 0.3 is 6.18 Å². The average Bonchev–Trinajstić information content (AvgIpc) is 2.89. The van der Waals surface area contributed by atoms with Crippen LogP contribution in [-0.2, 0) is 23.9 Å². The molecule has 2 aromatic rings. The summed E-state index contributed by atoms with van der Waals surface area (Å²) in [6, 6.07) is 4.55. The third kappa shape index (κ3) is 3.84. The number of aromatic amines is 1. The van der Waals surface area contributed by atoms with Crippen molar-refractivity contribution in [1.29, 1.82) is 0 Å². The lowest BCUT2D eigenvalue weighted by atomic mass is 10.1. The van der Waals surface area contributed by atoms with Crippen molar-refractivity contribution in [2.75, 3.05) is 0 Å². The number of rotatable bonds is 4. The molecule has 4 nitrogen and oxygen atoms in total. The van der Waals surface area contributed by atoms with Crippen molar-refractivity contribution in [3.05, 3.63) is 53.6 Å². The molecule has 0 saturated heterocycles. The number of H-pyrrole nitrogens is 1. The lowest BCUT2D eigenvalue weighted by molar-refractivity contribution is -0.137. The molecule has 106 valence electrons. The summed E-state index contributed by atoms with van der Waals surface area (Å²) in [5, 5.41) is 2.65. The van der Waals surface area contributed by atoms with Gasteiger partial charge in [-0.2, -0.15) is 13.2 Å². The highest BCUT2D eigenvalue weighted by atomic mass is 19.4. The van der Waals surface area contributed by atoms with E-state index in [1.807, 2.05) is 0 Å². The number of carbonyl (C=O) groups is 1. The fourth-order valence-electron chi connectivity index (χ4n) is 1.63. The first kappa shape index (κ1) is 14.1. The summed E-state index contributed by atoms with van der Waals surface area (Å²) in [7, 11) is 0. The molecule has 1 aromatic heterocycles. The first-order valence-corrected chi connectivity index (χ1v) is 5.85. The molecular weight excluding hydrogens is 271 g/mol. The Balaban J connectivity index is 1.88. The van der Waals surface area contributed by atoms with Crippen molar-refractivity contribution in [3.8, 4) is 0 Å². The summed E-state index contributed by atoms with van der Waals surface area (Å²) in [5.41, 5.74) is 0.560. The maximum absolute atomic E-state index is 12.4. The van der Waals surface area contributed by atoms with Crippen LogP contribution in [0.2, 0.25) is 0 Å². The standard InChI is InChI=1S/C13H12F3N3O/c14-13(15,16)10-3-1-9(2-4-10)5-12(20)18-7-11-6-17-8-19-11/h1-4,6,8H,5,7H2,(H,17,19)(H,18,20). The van der Waals surface area contributed by atoms with Gasteiger partial charge in [-0.15, -0.1) is 0 Å². The molecule has 20 heavy (non-hydrogen) atoms. The lowest BCUT2D eigenvalue weighted by Gasteiger charge is -2.08. The summed E-state index contributed by atoms with van der Waals surface area (Å²) in [6.07, 6.45) is -1.25. The van der Waals surface area contributed by atoms with E-state index >= 15 is 0 Å². The summed E-state index contributed by atoms with van der Waals surface area (Å²) < 4.78 is 37.1. The number of benzene rings is 1. The van der Waals surface area contributed by atoms with E-state index in [0.29, 0.717) is 12.1 Å². The van der Waals surface area contributed by atoms with E-state index in [1.165, 1.54) is 18.5 Å². The fourth-order valence-corrected chi connectivity index (χ4v) is 1.63. The van der Waals surface area contributed by atoms with Crippen LogP contribution in [0.25, 0.3) is 0 Å². The average molecular weight is 283 g/mol. The Labute approximate surface area is 113 Å². The van der Waals surface area contributed by atoms with Crippen LogP contribution in [0, 0.1) is 0 Å². The van der Waals surface area contributed by atoms with E-state index in [4.69, 9.17) is 0 Å². The summed E-state index contributed by atoms with van der Waals surface area (Å²) in [6.45, 7) is 0.305. The zero-order valence-corrected chi connectivity index (χ0v) is 10.4. The molecule has 7 heteroatoms. The molecule has 2 rings (SSSR count). The van der Waals surface area contributed by atoms with Gasteiger partial charge in [0.1, 0.15) is 0 Å². The Morgan fingerprint density at radius 3 is 2.50 bits per heavy atom. The molecule has 0 spiro atoms. The molecule has 0 fully saturated rings. The second kappa shape index (κ2) is 5.77. The van der Waals surface area contributed by atoms with Crippen LogP contribution in [0.1, 0.15) is 16.8 Å². The first-order valence-electron chi connectivity index (χ1n) is 5.85. The molecule has 1 heterocycles. The highest BCUT2D eigenvalue weighted by molar-refractivity contribution is 5.78. The van der Waals surface area contributed by atoms with Crippen molar-refractivity contribution in [2.45, 2.75) is 19.1 Å². The molecule has 0 radical (unpaired) electrons. The molecule has 0 bridgehead atoms. The van der Waals surface area contributed by atoms with Crippen LogP contribution < -0.4 is 5.32 Å². The molecule has 0 saturated carbocycles. The highest BCUT2D eigenvalue weighted by Crippen LogP contribution is 2.29. The topological polar surface area (TPSA) is 57.8 Å². The quantitative estimate of drug-likeness (QED) is 0.904. The third-order valence-electron chi connectivity index (χ3n) is 2.68. The van der Waals surface area contributed by atoms with Crippen molar-refractivity contribution in [3.63, 3.8) is 0 Å². The first-order chi connectivity index (χ1) is 9.45. The molecule has 2 N–H and O–H groups in total. The summed E-state index contributed by atoms with van der Waals surface area (Å²) in [5.74, 6) is -0.264. The number of aromatic nitrogens is 2. The molecule has 0 aliphatic carbocycles.